The van der Waals surface area contributed by atoms with Crippen LogP contribution in [0.15, 0.2) is 54.7 Å². The number of hydrogen-bond donors (Lipinski definition) is 3. The predicted molar refractivity (Wildman–Crippen MR) is 163 cm³/mol. The molecule has 1 amide bonds. The second-order valence-corrected chi connectivity index (χ2v) is 11.3. The number of methoxy groups -OCH3 is 1. The zero-order chi connectivity index (χ0) is 31.6. The SMILES string of the molecule is COC(=O)c1cc2cc(NCc3cc(NC(=O)c4ccc(CN5CC[C@H](N(C)C)C5)c(C(F)(F)F)c4)ccc3C)cnc2[nH]1. The molecule has 0 spiro atoms. The molecule has 2 aromatic carbocycles. The number of hydrogen-bond acceptors (Lipinski definition) is 7. The van der Waals surface area contributed by atoms with Gasteiger partial charge in [-0.15, -0.1) is 0 Å². The number of likely N-dealkylation sites (tertiary alicyclic amines) is 1. The lowest BCUT2D eigenvalue weighted by Crippen LogP contribution is -2.31. The van der Waals surface area contributed by atoms with Gasteiger partial charge in [0.25, 0.3) is 5.91 Å². The summed E-state index contributed by atoms with van der Waals surface area (Å²) >= 11 is 0. The van der Waals surface area contributed by atoms with Crippen LogP contribution >= 0.6 is 0 Å². The molecule has 2 aromatic heterocycles. The summed E-state index contributed by atoms with van der Waals surface area (Å²) in [6, 6.07) is 13.0. The molecule has 0 bridgehead atoms. The van der Waals surface area contributed by atoms with Gasteiger partial charge in [0.15, 0.2) is 0 Å². The van der Waals surface area contributed by atoms with E-state index in [1.165, 1.54) is 19.2 Å². The quantitative estimate of drug-likeness (QED) is 0.210. The van der Waals surface area contributed by atoms with Gasteiger partial charge in [0.05, 0.1) is 24.6 Å². The lowest BCUT2D eigenvalue weighted by atomic mass is 10.0. The molecule has 1 saturated heterocycles. The van der Waals surface area contributed by atoms with E-state index in [0.717, 1.165) is 35.5 Å². The molecular formula is C32H35F3N6O3. The van der Waals surface area contributed by atoms with E-state index in [9.17, 15) is 22.8 Å². The molecule has 3 N–H and O–H groups in total. The van der Waals surface area contributed by atoms with Crippen molar-refractivity contribution in [3.05, 3.63) is 88.2 Å². The van der Waals surface area contributed by atoms with Crippen LogP contribution in [-0.4, -0.2) is 72.0 Å². The van der Waals surface area contributed by atoms with Crippen LogP contribution in [0.4, 0.5) is 24.5 Å². The van der Waals surface area contributed by atoms with Gasteiger partial charge in [-0.05, 0) is 80.5 Å². The van der Waals surface area contributed by atoms with E-state index < -0.39 is 23.6 Å². The van der Waals surface area contributed by atoms with Crippen LogP contribution in [0.3, 0.4) is 0 Å². The van der Waals surface area contributed by atoms with Crippen LogP contribution in [0, 0.1) is 6.92 Å². The fourth-order valence-electron chi connectivity index (χ4n) is 5.41. The number of benzene rings is 2. The molecule has 44 heavy (non-hydrogen) atoms. The maximum Gasteiger partial charge on any atom is 0.416 e. The number of halogens is 3. The van der Waals surface area contributed by atoms with Crippen molar-refractivity contribution < 1.29 is 27.5 Å². The zero-order valence-electron chi connectivity index (χ0n) is 25.0. The number of pyridine rings is 1. The van der Waals surface area contributed by atoms with E-state index >= 15 is 0 Å². The highest BCUT2D eigenvalue weighted by molar-refractivity contribution is 6.04. The largest absolute Gasteiger partial charge is 0.464 e. The fourth-order valence-corrected chi connectivity index (χ4v) is 5.41. The Balaban J connectivity index is 1.27. The average Bonchev–Trinajstić information content (AvgIpc) is 3.64. The first-order valence-electron chi connectivity index (χ1n) is 14.2. The molecule has 12 heteroatoms. The van der Waals surface area contributed by atoms with Crippen LogP contribution in [0.1, 0.15) is 49.5 Å². The molecule has 4 aromatic rings. The fraction of sp³-hybridized carbons (Fsp3) is 0.344. The summed E-state index contributed by atoms with van der Waals surface area (Å²) in [5, 5.41) is 6.77. The van der Waals surface area contributed by atoms with Gasteiger partial charge in [-0.2, -0.15) is 13.2 Å². The van der Waals surface area contributed by atoms with E-state index in [4.69, 9.17) is 4.74 Å². The summed E-state index contributed by atoms with van der Waals surface area (Å²) < 4.78 is 46.9. The number of nitrogens with zero attached hydrogens (tertiary/aromatic N) is 3. The Labute approximate surface area is 253 Å². The van der Waals surface area contributed by atoms with E-state index in [2.05, 4.69) is 25.5 Å². The first-order valence-corrected chi connectivity index (χ1v) is 14.2. The molecule has 0 unspecified atom stereocenters. The number of nitrogens with one attached hydrogen (secondary N) is 3. The Bertz CT molecular complexity index is 1680. The highest BCUT2D eigenvalue weighted by Crippen LogP contribution is 2.34. The van der Waals surface area contributed by atoms with Gasteiger partial charge >= 0.3 is 12.1 Å². The molecule has 1 fully saturated rings. The number of ether oxygens (including phenoxy) is 1. The van der Waals surface area contributed by atoms with E-state index in [0.29, 0.717) is 41.8 Å². The number of carbonyl (C=O) groups is 2. The Morgan fingerprint density at radius 3 is 2.59 bits per heavy atom. The summed E-state index contributed by atoms with van der Waals surface area (Å²) in [5.74, 6) is -1.11. The van der Waals surface area contributed by atoms with Crippen molar-refractivity contribution in [1.82, 2.24) is 19.8 Å². The second kappa shape index (κ2) is 12.7. The van der Waals surface area contributed by atoms with Gasteiger partial charge in [-0.25, -0.2) is 9.78 Å². The first-order chi connectivity index (χ1) is 20.9. The number of aromatic nitrogens is 2. The van der Waals surface area contributed by atoms with Crippen molar-refractivity contribution in [2.24, 2.45) is 0 Å². The molecule has 1 atom stereocenters. The number of anilines is 2. The lowest BCUT2D eigenvalue weighted by molar-refractivity contribution is -0.138. The van der Waals surface area contributed by atoms with Crippen LogP contribution in [0.5, 0.6) is 0 Å². The van der Waals surface area contributed by atoms with Gasteiger partial charge in [0, 0.05) is 48.9 Å². The molecule has 3 heterocycles. The van der Waals surface area contributed by atoms with Crippen molar-refractivity contribution in [2.45, 2.75) is 38.7 Å². The van der Waals surface area contributed by atoms with E-state index in [1.54, 1.807) is 24.4 Å². The Kier molecular flexibility index (Phi) is 8.93. The number of esters is 1. The number of alkyl halides is 3. The number of likely N-dealkylation sites (N-methyl/N-ethyl adjacent to an activating group) is 1. The number of H-pyrrole nitrogens is 1. The van der Waals surface area contributed by atoms with Gasteiger partial charge in [-0.3, -0.25) is 9.69 Å². The number of rotatable bonds is 9. The van der Waals surface area contributed by atoms with Crippen molar-refractivity contribution in [2.75, 3.05) is 44.9 Å². The average molecular weight is 609 g/mol. The number of carbonyl (C=O) groups excluding carboxylic acids is 2. The Morgan fingerprint density at radius 1 is 1.09 bits per heavy atom. The minimum Gasteiger partial charge on any atom is -0.464 e. The third-order valence-corrected chi connectivity index (χ3v) is 8.01. The molecule has 0 saturated carbocycles. The maximum absolute atomic E-state index is 14.1. The van der Waals surface area contributed by atoms with Crippen molar-refractivity contribution in [1.29, 1.82) is 0 Å². The molecule has 232 valence electrons. The third-order valence-electron chi connectivity index (χ3n) is 8.01. The number of aromatic amines is 1. The molecule has 5 rings (SSSR count). The topological polar surface area (TPSA) is 103 Å². The van der Waals surface area contributed by atoms with Gasteiger partial charge in [0.2, 0.25) is 0 Å². The van der Waals surface area contributed by atoms with Crippen LogP contribution < -0.4 is 10.6 Å². The standard InChI is InChI=1S/C32H35F3N6O3/c1-19-5-8-24(12-23(19)15-36-25-11-22-14-28(31(43)44-4)39-29(22)37-16-25)38-30(42)20-6-7-21(27(13-20)32(33,34)35)17-41-10-9-26(18-41)40(2)3/h5-8,11-14,16,26,36H,9-10,15,17-18H2,1-4H3,(H,37,39)(H,38,42)/t26-/m0/s1. The predicted octanol–water partition coefficient (Wildman–Crippen LogP) is 5.68. The normalized spacial score (nSPS) is 15.6. The van der Waals surface area contributed by atoms with Crippen LogP contribution in [0.25, 0.3) is 11.0 Å². The van der Waals surface area contributed by atoms with E-state index in [-0.39, 0.29) is 17.7 Å². The monoisotopic (exact) mass is 608 g/mol. The van der Waals surface area contributed by atoms with Crippen LogP contribution in [0.2, 0.25) is 0 Å². The number of amides is 1. The third kappa shape index (κ3) is 7.03. The summed E-state index contributed by atoms with van der Waals surface area (Å²) in [6.07, 6.45) is -2.05. The van der Waals surface area contributed by atoms with Gasteiger partial charge in [0.1, 0.15) is 11.3 Å². The Hall–Kier alpha value is -4.42. The highest BCUT2D eigenvalue weighted by atomic mass is 19.4. The maximum atomic E-state index is 14.1. The minimum absolute atomic E-state index is 0.0638. The van der Waals surface area contributed by atoms with Crippen LogP contribution in [-0.2, 0) is 24.0 Å². The summed E-state index contributed by atoms with van der Waals surface area (Å²) in [6.45, 7) is 3.92. The van der Waals surface area contributed by atoms with E-state index in [1.807, 2.05) is 38.1 Å². The molecule has 1 aliphatic heterocycles. The van der Waals surface area contributed by atoms with Crippen molar-refractivity contribution in [3.63, 3.8) is 0 Å². The molecule has 0 aliphatic carbocycles. The first kappa shape index (κ1) is 31.0. The highest BCUT2D eigenvalue weighted by Gasteiger charge is 2.35. The van der Waals surface area contributed by atoms with Gasteiger partial charge < -0.3 is 25.3 Å². The zero-order valence-corrected chi connectivity index (χ0v) is 25.0. The summed E-state index contributed by atoms with van der Waals surface area (Å²) in [5.41, 5.74) is 3.16. The second-order valence-electron chi connectivity index (χ2n) is 11.3. The van der Waals surface area contributed by atoms with Crippen molar-refractivity contribution >= 4 is 34.3 Å². The molecular weight excluding hydrogens is 573 g/mol. The summed E-state index contributed by atoms with van der Waals surface area (Å²) in [7, 11) is 5.25. The molecule has 1 aliphatic rings. The molecule has 0 radical (unpaired) electrons. The number of fused-ring (bicyclic) bond motifs is 1. The smallest absolute Gasteiger partial charge is 0.416 e. The summed E-state index contributed by atoms with van der Waals surface area (Å²) in [4.78, 5) is 36.3. The Morgan fingerprint density at radius 2 is 1.89 bits per heavy atom. The van der Waals surface area contributed by atoms with Gasteiger partial charge in [-0.1, -0.05) is 12.1 Å². The lowest BCUT2D eigenvalue weighted by Gasteiger charge is -2.22. The minimum atomic E-state index is -4.59. The number of aryl methyl sites for hydroxylation is 1. The van der Waals surface area contributed by atoms with Crippen molar-refractivity contribution in [3.8, 4) is 0 Å². The molecule has 9 nitrogen and oxygen atoms in total.